The number of aromatic amines is 1. The van der Waals surface area contributed by atoms with Crippen LogP contribution in [-0.4, -0.2) is 30.9 Å². The third kappa shape index (κ3) is 2.35. The van der Waals surface area contributed by atoms with E-state index < -0.39 is 10.5 Å². The van der Waals surface area contributed by atoms with Gasteiger partial charge in [-0.25, -0.2) is 4.98 Å². The summed E-state index contributed by atoms with van der Waals surface area (Å²) < 4.78 is 1.58. The van der Waals surface area contributed by atoms with E-state index in [0.29, 0.717) is 5.69 Å². The van der Waals surface area contributed by atoms with E-state index in [-0.39, 0.29) is 5.69 Å². The van der Waals surface area contributed by atoms with Gasteiger partial charge in [0.1, 0.15) is 17.4 Å². The second-order valence-corrected chi connectivity index (χ2v) is 5.45. The molecule has 0 spiro atoms. The molecule has 0 bridgehead atoms. The van der Waals surface area contributed by atoms with Crippen molar-refractivity contribution in [3.05, 3.63) is 33.9 Å². The zero-order valence-electron chi connectivity index (χ0n) is 11.2. The number of nitrogens with zero attached hydrogens (tertiary/aromatic N) is 4. The summed E-state index contributed by atoms with van der Waals surface area (Å²) in [6.07, 6.45) is 5.18. The van der Waals surface area contributed by atoms with Crippen molar-refractivity contribution in [2.75, 3.05) is 6.26 Å². The van der Waals surface area contributed by atoms with Gasteiger partial charge in [-0.1, -0.05) is 11.8 Å². The minimum atomic E-state index is -0.552. The van der Waals surface area contributed by atoms with E-state index in [1.165, 1.54) is 18.0 Å². The molecule has 0 saturated carbocycles. The summed E-state index contributed by atoms with van der Waals surface area (Å²) >= 11 is 1.51. The number of hydrogen-bond donors (Lipinski definition) is 1. The third-order valence-corrected chi connectivity index (χ3v) is 3.61. The molecule has 2 aromatic heterocycles. The summed E-state index contributed by atoms with van der Waals surface area (Å²) in [4.78, 5) is 17.9. The maximum absolute atomic E-state index is 10.9. The molecule has 8 heteroatoms. The van der Waals surface area contributed by atoms with Crippen LogP contribution in [0.4, 0.5) is 5.69 Å². The number of rotatable bonds is 4. The van der Waals surface area contributed by atoms with Gasteiger partial charge in [-0.15, -0.1) is 0 Å². The predicted molar refractivity (Wildman–Crippen MR) is 72.4 cm³/mol. The molecule has 0 unspecified atom stereocenters. The van der Waals surface area contributed by atoms with Gasteiger partial charge in [0.15, 0.2) is 5.16 Å². The van der Waals surface area contributed by atoms with Crippen molar-refractivity contribution in [1.82, 2.24) is 19.7 Å². The van der Waals surface area contributed by atoms with Crippen LogP contribution in [-0.2, 0) is 5.54 Å². The van der Waals surface area contributed by atoms with Gasteiger partial charge in [-0.3, -0.25) is 14.8 Å². The number of nitro groups is 1. The van der Waals surface area contributed by atoms with Crippen LogP contribution in [0, 0.1) is 17.0 Å². The lowest BCUT2D eigenvalue weighted by atomic mass is 10.0. The van der Waals surface area contributed by atoms with Crippen LogP contribution in [0.25, 0.3) is 0 Å². The Balaban J connectivity index is 2.43. The van der Waals surface area contributed by atoms with Gasteiger partial charge in [0, 0.05) is 6.20 Å². The molecule has 0 amide bonds. The topological polar surface area (TPSA) is 89.6 Å². The fourth-order valence-electron chi connectivity index (χ4n) is 1.76. The van der Waals surface area contributed by atoms with Crippen molar-refractivity contribution in [1.29, 1.82) is 0 Å². The van der Waals surface area contributed by atoms with Crippen LogP contribution >= 0.6 is 11.8 Å². The quantitative estimate of drug-likeness (QED) is 0.527. The van der Waals surface area contributed by atoms with Gasteiger partial charge in [0.2, 0.25) is 0 Å². The molecule has 0 aliphatic rings. The molecule has 0 aromatic carbocycles. The highest BCUT2D eigenvalue weighted by Gasteiger charge is 2.30. The van der Waals surface area contributed by atoms with Crippen molar-refractivity contribution in [3.8, 4) is 0 Å². The summed E-state index contributed by atoms with van der Waals surface area (Å²) in [6, 6.07) is 0. The molecule has 0 fully saturated rings. The summed E-state index contributed by atoms with van der Waals surface area (Å²) in [6.45, 7) is 5.47. The fourth-order valence-corrected chi connectivity index (χ4v) is 2.12. The van der Waals surface area contributed by atoms with Crippen LogP contribution in [0.5, 0.6) is 0 Å². The number of aryl methyl sites for hydroxylation is 1. The number of aromatic nitrogens is 4. The average Bonchev–Trinajstić information content (AvgIpc) is 2.95. The Morgan fingerprint density at radius 3 is 2.68 bits per heavy atom. The maximum atomic E-state index is 10.9. The molecule has 2 aromatic rings. The van der Waals surface area contributed by atoms with Gasteiger partial charge in [0.25, 0.3) is 0 Å². The molecular formula is C11H15N5O2S. The second-order valence-electron chi connectivity index (χ2n) is 4.66. The largest absolute Gasteiger partial charge is 0.339 e. The van der Waals surface area contributed by atoms with E-state index >= 15 is 0 Å². The van der Waals surface area contributed by atoms with E-state index in [4.69, 9.17) is 0 Å². The first-order chi connectivity index (χ1) is 8.86. The predicted octanol–water partition coefficient (Wildman–Crippen LogP) is 2.33. The third-order valence-electron chi connectivity index (χ3n) is 3.02. The SMILES string of the molecule is CSc1nc(C(C)(C)n2cc([N+](=O)[O-])c(C)n2)c[nH]1. The van der Waals surface area contributed by atoms with Crippen LogP contribution < -0.4 is 0 Å². The molecule has 0 atom stereocenters. The first-order valence-corrected chi connectivity index (χ1v) is 6.89. The maximum Gasteiger partial charge on any atom is 0.309 e. The number of H-pyrrole nitrogens is 1. The molecule has 0 radical (unpaired) electrons. The van der Waals surface area contributed by atoms with Crippen LogP contribution in [0.15, 0.2) is 17.6 Å². The number of thioether (sulfide) groups is 1. The molecule has 2 rings (SSSR count). The van der Waals surface area contributed by atoms with E-state index in [0.717, 1.165) is 10.9 Å². The highest BCUT2D eigenvalue weighted by Crippen LogP contribution is 2.28. The Bertz CT molecular complexity index is 616. The minimum absolute atomic E-state index is 0.0219. The van der Waals surface area contributed by atoms with E-state index in [1.807, 2.05) is 20.1 Å². The summed E-state index contributed by atoms with van der Waals surface area (Å²) in [5.41, 5.74) is 0.658. The molecule has 0 aliphatic heterocycles. The normalized spacial score (nSPS) is 11.8. The van der Waals surface area contributed by atoms with Crippen molar-refractivity contribution in [2.45, 2.75) is 31.5 Å². The van der Waals surface area contributed by atoms with Crippen molar-refractivity contribution in [3.63, 3.8) is 0 Å². The summed E-state index contributed by atoms with van der Waals surface area (Å²) in [7, 11) is 0. The molecule has 0 saturated heterocycles. The Morgan fingerprint density at radius 2 is 2.21 bits per heavy atom. The van der Waals surface area contributed by atoms with E-state index in [2.05, 4.69) is 15.1 Å². The molecular weight excluding hydrogens is 266 g/mol. The first-order valence-electron chi connectivity index (χ1n) is 5.67. The Hall–Kier alpha value is -1.83. The Kier molecular flexibility index (Phi) is 3.36. The van der Waals surface area contributed by atoms with E-state index in [1.54, 1.807) is 17.8 Å². The lowest BCUT2D eigenvalue weighted by Crippen LogP contribution is -2.28. The highest BCUT2D eigenvalue weighted by molar-refractivity contribution is 7.98. The monoisotopic (exact) mass is 281 g/mol. The van der Waals surface area contributed by atoms with Crippen LogP contribution in [0.3, 0.4) is 0 Å². The van der Waals surface area contributed by atoms with E-state index in [9.17, 15) is 10.1 Å². The van der Waals surface area contributed by atoms with Crippen molar-refractivity contribution in [2.24, 2.45) is 0 Å². The summed E-state index contributed by atoms with van der Waals surface area (Å²) in [5.74, 6) is 0. The molecule has 102 valence electrons. The van der Waals surface area contributed by atoms with Crippen LogP contribution in [0.1, 0.15) is 25.2 Å². The zero-order chi connectivity index (χ0) is 14.2. The standard InChI is InChI=1S/C11H15N5O2S/c1-7-8(16(17)18)6-15(14-7)11(2,3)9-5-12-10(13-9)19-4/h5-6H,1-4H3,(H,12,13). The van der Waals surface area contributed by atoms with Gasteiger partial charge in [0.05, 0.1) is 10.6 Å². The van der Waals surface area contributed by atoms with Crippen LogP contribution in [0.2, 0.25) is 0 Å². The Morgan fingerprint density at radius 1 is 1.53 bits per heavy atom. The average molecular weight is 281 g/mol. The van der Waals surface area contributed by atoms with Gasteiger partial charge in [-0.05, 0) is 27.0 Å². The zero-order valence-corrected chi connectivity index (χ0v) is 12.0. The van der Waals surface area contributed by atoms with Gasteiger partial charge < -0.3 is 4.98 Å². The smallest absolute Gasteiger partial charge is 0.309 e. The van der Waals surface area contributed by atoms with Gasteiger partial charge >= 0.3 is 5.69 Å². The first kappa shape index (κ1) is 13.6. The highest BCUT2D eigenvalue weighted by atomic mass is 32.2. The lowest BCUT2D eigenvalue weighted by molar-refractivity contribution is -0.385. The molecule has 0 aliphatic carbocycles. The minimum Gasteiger partial charge on any atom is -0.339 e. The molecule has 1 N–H and O–H groups in total. The molecule has 2 heterocycles. The lowest BCUT2D eigenvalue weighted by Gasteiger charge is -2.22. The number of nitrogens with one attached hydrogen (secondary N) is 1. The van der Waals surface area contributed by atoms with Gasteiger partial charge in [-0.2, -0.15) is 5.10 Å². The van der Waals surface area contributed by atoms with Crippen molar-refractivity contribution < 1.29 is 4.92 Å². The second kappa shape index (κ2) is 4.69. The fraction of sp³-hybridized carbons (Fsp3) is 0.455. The summed E-state index contributed by atoms with van der Waals surface area (Å²) in [5, 5.41) is 15.9. The number of imidazole rings is 1. The Labute approximate surface area is 114 Å². The molecule has 19 heavy (non-hydrogen) atoms. The van der Waals surface area contributed by atoms with Crippen molar-refractivity contribution >= 4 is 17.4 Å². The number of hydrogen-bond acceptors (Lipinski definition) is 5. The molecule has 7 nitrogen and oxygen atoms in total.